The van der Waals surface area contributed by atoms with E-state index < -0.39 is 5.97 Å². The lowest BCUT2D eigenvalue weighted by Crippen LogP contribution is -2.30. The lowest BCUT2D eigenvalue weighted by Gasteiger charge is -2.06. The molecule has 27 heavy (non-hydrogen) atoms. The lowest BCUT2D eigenvalue weighted by molar-refractivity contribution is -0.148. The highest BCUT2D eigenvalue weighted by atomic mass is 19.1. The van der Waals surface area contributed by atoms with Gasteiger partial charge in [0.05, 0.1) is 6.42 Å². The minimum absolute atomic E-state index is 0.0790. The molecule has 1 N–H and O–H groups in total. The minimum atomic E-state index is -0.494. The number of hydrogen-bond acceptors (Lipinski definition) is 5. The van der Waals surface area contributed by atoms with Crippen molar-refractivity contribution in [3.05, 3.63) is 65.8 Å². The Kier molecular flexibility index (Phi) is 6.14. The number of nitrogens with one attached hydrogen (secondary N) is 1. The molecule has 0 unspecified atom stereocenters. The molecule has 140 valence electrons. The van der Waals surface area contributed by atoms with Crippen molar-refractivity contribution in [1.29, 1.82) is 0 Å². The molecule has 1 heterocycles. The van der Waals surface area contributed by atoms with Crippen molar-refractivity contribution < 1.29 is 23.1 Å². The number of halogens is 1. The van der Waals surface area contributed by atoms with Crippen LogP contribution in [0.5, 0.6) is 0 Å². The number of ether oxygens (including phenoxy) is 1. The molecule has 7 heteroatoms. The van der Waals surface area contributed by atoms with Crippen LogP contribution in [0.4, 0.5) is 4.39 Å². The number of esters is 1. The molecule has 0 aliphatic rings. The van der Waals surface area contributed by atoms with Crippen LogP contribution in [0.25, 0.3) is 11.1 Å². The maximum Gasteiger partial charge on any atom is 0.306 e. The molecule has 0 bridgehead atoms. The Labute approximate surface area is 155 Å². The average molecular weight is 370 g/mol. The molecule has 0 atom stereocenters. The molecule has 6 nitrogen and oxygen atoms in total. The van der Waals surface area contributed by atoms with Crippen molar-refractivity contribution in [3.63, 3.8) is 0 Å². The van der Waals surface area contributed by atoms with E-state index in [1.54, 1.807) is 18.2 Å². The number of fused-ring (bicyclic) bond motifs is 1. The van der Waals surface area contributed by atoms with Gasteiger partial charge in [-0.2, -0.15) is 0 Å². The highest BCUT2D eigenvalue weighted by Crippen LogP contribution is 2.15. The maximum absolute atomic E-state index is 12.8. The van der Waals surface area contributed by atoms with Gasteiger partial charge in [-0.15, -0.1) is 0 Å². The predicted octanol–water partition coefficient (Wildman–Crippen LogP) is 2.80. The van der Waals surface area contributed by atoms with E-state index >= 15 is 0 Å². The third-order valence-corrected chi connectivity index (χ3v) is 3.89. The van der Waals surface area contributed by atoms with Gasteiger partial charge in [-0.05, 0) is 36.2 Å². The Bertz CT molecular complexity index is 888. The van der Waals surface area contributed by atoms with E-state index in [-0.39, 0.29) is 24.8 Å². The number of aryl methyl sites for hydroxylation is 1. The number of amides is 1. The topological polar surface area (TPSA) is 81.4 Å². The van der Waals surface area contributed by atoms with Gasteiger partial charge < -0.3 is 14.5 Å². The maximum atomic E-state index is 12.8. The zero-order valence-electron chi connectivity index (χ0n) is 14.6. The van der Waals surface area contributed by atoms with Crippen molar-refractivity contribution in [2.24, 2.45) is 0 Å². The van der Waals surface area contributed by atoms with Gasteiger partial charge in [-0.25, -0.2) is 9.37 Å². The molecule has 0 aliphatic carbocycles. The Morgan fingerprint density at radius 2 is 1.85 bits per heavy atom. The Balaban J connectivity index is 1.33. The molecule has 0 radical (unpaired) electrons. The van der Waals surface area contributed by atoms with Crippen LogP contribution in [0.15, 0.2) is 52.9 Å². The first-order chi connectivity index (χ1) is 13.1. The van der Waals surface area contributed by atoms with Crippen LogP contribution < -0.4 is 5.32 Å². The SMILES string of the molecule is O=C(COC(=O)CCc1nc2ccccc2o1)NCCc1ccc(F)cc1. The number of para-hydroxylation sites is 2. The van der Waals surface area contributed by atoms with Gasteiger partial charge in [0.25, 0.3) is 5.91 Å². The van der Waals surface area contributed by atoms with E-state index in [1.807, 2.05) is 18.2 Å². The second-order valence-electron chi connectivity index (χ2n) is 5.96. The number of carbonyl (C=O) groups is 2. The lowest BCUT2D eigenvalue weighted by atomic mass is 10.1. The standard InChI is InChI=1S/C20H19FN2O4/c21-15-7-5-14(6-8-15)11-12-22-18(24)13-26-20(25)10-9-19-23-16-3-1-2-4-17(16)27-19/h1-8H,9-13H2,(H,22,24). The number of nitrogens with zero attached hydrogens (tertiary/aromatic N) is 1. The highest BCUT2D eigenvalue weighted by molar-refractivity contribution is 5.80. The first-order valence-corrected chi connectivity index (χ1v) is 8.61. The van der Waals surface area contributed by atoms with E-state index in [9.17, 15) is 14.0 Å². The fourth-order valence-corrected chi connectivity index (χ4v) is 2.50. The van der Waals surface area contributed by atoms with Gasteiger partial charge in [-0.3, -0.25) is 9.59 Å². The fraction of sp³-hybridized carbons (Fsp3) is 0.250. The zero-order chi connectivity index (χ0) is 19.1. The van der Waals surface area contributed by atoms with Gasteiger partial charge in [-0.1, -0.05) is 24.3 Å². The number of rotatable bonds is 8. The molecule has 1 aromatic heterocycles. The van der Waals surface area contributed by atoms with E-state index in [1.165, 1.54) is 12.1 Å². The quantitative estimate of drug-likeness (QED) is 0.617. The first-order valence-electron chi connectivity index (χ1n) is 8.61. The van der Waals surface area contributed by atoms with Gasteiger partial charge >= 0.3 is 5.97 Å². The molecule has 1 amide bonds. The molecule has 0 fully saturated rings. The van der Waals surface area contributed by atoms with Crippen LogP contribution in [0, 0.1) is 5.82 Å². The van der Waals surface area contributed by atoms with Crippen LogP contribution >= 0.6 is 0 Å². The number of carbonyl (C=O) groups excluding carboxylic acids is 2. The molecular weight excluding hydrogens is 351 g/mol. The summed E-state index contributed by atoms with van der Waals surface area (Å²) in [5.41, 5.74) is 2.31. The molecule has 0 aliphatic heterocycles. The average Bonchev–Trinajstić information content (AvgIpc) is 3.09. The number of oxazole rings is 1. The third-order valence-electron chi connectivity index (χ3n) is 3.89. The van der Waals surface area contributed by atoms with Gasteiger partial charge in [0, 0.05) is 13.0 Å². The second-order valence-corrected chi connectivity index (χ2v) is 5.96. The summed E-state index contributed by atoms with van der Waals surface area (Å²) in [6.45, 7) is 0.0424. The number of benzene rings is 2. The van der Waals surface area contributed by atoms with Crippen molar-refractivity contribution >= 4 is 23.0 Å². The van der Waals surface area contributed by atoms with Crippen LogP contribution in [-0.4, -0.2) is 30.0 Å². The van der Waals surface area contributed by atoms with E-state index in [2.05, 4.69) is 10.3 Å². The molecule has 3 aromatic rings. The smallest absolute Gasteiger partial charge is 0.306 e. The van der Waals surface area contributed by atoms with Crippen LogP contribution in [0.3, 0.4) is 0 Å². The first kappa shape index (κ1) is 18.6. The van der Waals surface area contributed by atoms with Crippen LogP contribution in [0.2, 0.25) is 0 Å². The molecular formula is C20H19FN2O4. The summed E-state index contributed by atoms with van der Waals surface area (Å²) in [4.78, 5) is 27.7. The minimum Gasteiger partial charge on any atom is -0.456 e. The third kappa shape index (κ3) is 5.64. The summed E-state index contributed by atoms with van der Waals surface area (Å²) >= 11 is 0. The molecule has 2 aromatic carbocycles. The Hall–Kier alpha value is -3.22. The summed E-state index contributed by atoms with van der Waals surface area (Å²) in [7, 11) is 0. The summed E-state index contributed by atoms with van der Waals surface area (Å²) < 4.78 is 23.3. The van der Waals surface area contributed by atoms with Crippen molar-refractivity contribution in [2.75, 3.05) is 13.2 Å². The Morgan fingerprint density at radius 3 is 2.63 bits per heavy atom. The normalized spacial score (nSPS) is 10.7. The van der Waals surface area contributed by atoms with Crippen LogP contribution in [0.1, 0.15) is 17.9 Å². The number of hydrogen-bond donors (Lipinski definition) is 1. The van der Waals surface area contributed by atoms with E-state index in [0.29, 0.717) is 30.9 Å². The van der Waals surface area contributed by atoms with Gasteiger partial charge in [0.15, 0.2) is 18.1 Å². The summed E-state index contributed by atoms with van der Waals surface area (Å²) in [5.74, 6) is -0.720. The van der Waals surface area contributed by atoms with Crippen molar-refractivity contribution in [2.45, 2.75) is 19.3 Å². The molecule has 0 saturated carbocycles. The van der Waals surface area contributed by atoms with E-state index in [4.69, 9.17) is 9.15 Å². The highest BCUT2D eigenvalue weighted by Gasteiger charge is 2.11. The summed E-state index contributed by atoms with van der Waals surface area (Å²) in [6.07, 6.45) is 0.951. The van der Waals surface area contributed by atoms with Crippen LogP contribution in [-0.2, 0) is 27.2 Å². The van der Waals surface area contributed by atoms with Crippen molar-refractivity contribution in [3.8, 4) is 0 Å². The van der Waals surface area contributed by atoms with E-state index in [0.717, 1.165) is 11.1 Å². The predicted molar refractivity (Wildman–Crippen MR) is 96.4 cm³/mol. The zero-order valence-corrected chi connectivity index (χ0v) is 14.6. The second kappa shape index (κ2) is 8.93. The molecule has 0 saturated heterocycles. The monoisotopic (exact) mass is 370 g/mol. The summed E-state index contributed by atoms with van der Waals surface area (Å²) in [5, 5.41) is 2.65. The fourth-order valence-electron chi connectivity index (χ4n) is 2.50. The Morgan fingerprint density at radius 1 is 1.07 bits per heavy atom. The summed E-state index contributed by atoms with van der Waals surface area (Å²) in [6, 6.07) is 13.4. The molecule has 3 rings (SSSR count). The van der Waals surface area contributed by atoms with Gasteiger partial charge in [0.2, 0.25) is 0 Å². The van der Waals surface area contributed by atoms with Gasteiger partial charge in [0.1, 0.15) is 11.3 Å². The molecule has 0 spiro atoms. The largest absolute Gasteiger partial charge is 0.456 e. The van der Waals surface area contributed by atoms with Crippen molar-refractivity contribution in [1.82, 2.24) is 10.3 Å². The number of aromatic nitrogens is 1.